The first-order valence-electron chi connectivity index (χ1n) is 6.83. The molecule has 0 aliphatic heterocycles. The molecule has 0 aliphatic rings. The Kier molecular flexibility index (Phi) is 5.96. The van der Waals surface area contributed by atoms with Crippen LogP contribution in [0.15, 0.2) is 53.4 Å². The van der Waals surface area contributed by atoms with Gasteiger partial charge in [0.25, 0.3) is 0 Å². The minimum atomic E-state index is 0.509. The summed E-state index contributed by atoms with van der Waals surface area (Å²) >= 11 is 8.01. The van der Waals surface area contributed by atoms with Gasteiger partial charge in [0.15, 0.2) is 0 Å². The summed E-state index contributed by atoms with van der Waals surface area (Å²) in [6.45, 7) is 5.24. The lowest BCUT2D eigenvalue weighted by Crippen LogP contribution is -2.21. The summed E-state index contributed by atoms with van der Waals surface area (Å²) in [5, 5.41) is 4.29. The molecule has 0 amide bonds. The van der Waals surface area contributed by atoms with Crippen LogP contribution in [0.25, 0.3) is 0 Å². The topological polar surface area (TPSA) is 12.0 Å². The van der Waals surface area contributed by atoms with Crippen LogP contribution in [0, 0.1) is 0 Å². The predicted octanol–water partition coefficient (Wildman–Crippen LogP) is 5.13. The smallest absolute Gasteiger partial charge is 0.0446 e. The van der Waals surface area contributed by atoms with E-state index in [1.54, 1.807) is 0 Å². The third kappa shape index (κ3) is 4.86. The first kappa shape index (κ1) is 15.4. The summed E-state index contributed by atoms with van der Waals surface area (Å²) < 4.78 is 0. The van der Waals surface area contributed by atoms with Crippen molar-refractivity contribution in [2.45, 2.75) is 37.1 Å². The van der Waals surface area contributed by atoms with Gasteiger partial charge in [0.1, 0.15) is 0 Å². The van der Waals surface area contributed by atoms with Gasteiger partial charge >= 0.3 is 0 Å². The van der Waals surface area contributed by atoms with Gasteiger partial charge in [-0.2, -0.15) is 0 Å². The first-order valence-corrected chi connectivity index (χ1v) is 8.20. The van der Waals surface area contributed by atoms with Gasteiger partial charge < -0.3 is 5.32 Å². The minimum Gasteiger partial charge on any atom is -0.310 e. The average molecular weight is 306 g/mol. The molecule has 0 radical (unpaired) electrons. The molecule has 0 spiro atoms. The number of hydrogen-bond donors (Lipinski definition) is 1. The molecule has 0 fully saturated rings. The maximum Gasteiger partial charge on any atom is 0.0446 e. The summed E-state index contributed by atoms with van der Waals surface area (Å²) in [4.78, 5) is 1.29. The van der Waals surface area contributed by atoms with E-state index in [0.29, 0.717) is 6.04 Å². The van der Waals surface area contributed by atoms with Crippen LogP contribution in [-0.2, 0) is 12.3 Å². The highest BCUT2D eigenvalue weighted by atomic mass is 35.5. The molecule has 3 heteroatoms. The Morgan fingerprint density at radius 1 is 1.10 bits per heavy atom. The molecule has 1 N–H and O–H groups in total. The molecule has 106 valence electrons. The normalized spacial score (nSPS) is 11.0. The molecule has 1 nitrogen and oxygen atoms in total. The Bertz CT molecular complexity index is 554. The molecule has 0 bridgehead atoms. The van der Waals surface area contributed by atoms with E-state index >= 15 is 0 Å². The summed E-state index contributed by atoms with van der Waals surface area (Å²) in [6, 6.07) is 17.2. The van der Waals surface area contributed by atoms with Crippen LogP contribution in [0.1, 0.15) is 25.0 Å². The van der Waals surface area contributed by atoms with Crippen LogP contribution in [0.4, 0.5) is 0 Å². The van der Waals surface area contributed by atoms with Gasteiger partial charge in [-0.1, -0.05) is 55.8 Å². The van der Waals surface area contributed by atoms with Crippen LogP contribution in [0.5, 0.6) is 0 Å². The van der Waals surface area contributed by atoms with Crippen LogP contribution in [0.2, 0.25) is 5.02 Å². The van der Waals surface area contributed by atoms with Crippen LogP contribution in [-0.4, -0.2) is 6.04 Å². The fraction of sp³-hybridized carbons (Fsp3) is 0.294. The first-order chi connectivity index (χ1) is 9.65. The molecule has 0 saturated carbocycles. The lowest BCUT2D eigenvalue weighted by atomic mass is 10.2. The van der Waals surface area contributed by atoms with E-state index in [2.05, 4.69) is 49.5 Å². The van der Waals surface area contributed by atoms with Crippen molar-refractivity contribution in [3.8, 4) is 0 Å². The number of halogens is 1. The Balaban J connectivity index is 1.96. The van der Waals surface area contributed by atoms with Crippen molar-refractivity contribution in [3.05, 3.63) is 64.7 Å². The zero-order chi connectivity index (χ0) is 14.4. The van der Waals surface area contributed by atoms with Gasteiger partial charge in [-0.3, -0.25) is 0 Å². The summed E-state index contributed by atoms with van der Waals surface area (Å²) in [7, 11) is 0. The van der Waals surface area contributed by atoms with Crippen LogP contribution < -0.4 is 5.32 Å². The van der Waals surface area contributed by atoms with Crippen molar-refractivity contribution in [2.75, 3.05) is 0 Å². The molecule has 0 aromatic heterocycles. The minimum absolute atomic E-state index is 0.509. The van der Waals surface area contributed by atoms with E-state index in [0.717, 1.165) is 17.3 Å². The molecule has 2 rings (SSSR count). The van der Waals surface area contributed by atoms with Crippen molar-refractivity contribution in [2.24, 2.45) is 0 Å². The SMILES string of the molecule is CC(C)NCc1cccc(SCc2ccccc2Cl)c1. The van der Waals surface area contributed by atoms with Gasteiger partial charge in [-0.25, -0.2) is 0 Å². The zero-order valence-corrected chi connectivity index (χ0v) is 13.5. The third-order valence-corrected chi connectivity index (χ3v) is 4.38. The molecule has 0 aliphatic carbocycles. The Morgan fingerprint density at radius 3 is 2.65 bits per heavy atom. The number of thioether (sulfide) groups is 1. The highest BCUT2D eigenvalue weighted by Gasteiger charge is 2.02. The van der Waals surface area contributed by atoms with E-state index in [1.165, 1.54) is 16.0 Å². The number of rotatable bonds is 6. The second-order valence-electron chi connectivity index (χ2n) is 5.06. The van der Waals surface area contributed by atoms with Crippen molar-refractivity contribution in [3.63, 3.8) is 0 Å². The van der Waals surface area contributed by atoms with Crippen LogP contribution >= 0.6 is 23.4 Å². The second-order valence-corrected chi connectivity index (χ2v) is 6.52. The van der Waals surface area contributed by atoms with Gasteiger partial charge in [0, 0.05) is 28.3 Å². The fourth-order valence-corrected chi connectivity index (χ4v) is 3.11. The summed E-state index contributed by atoms with van der Waals surface area (Å²) in [6.07, 6.45) is 0. The number of hydrogen-bond acceptors (Lipinski definition) is 2. The molecular formula is C17H20ClNS. The zero-order valence-electron chi connectivity index (χ0n) is 11.9. The van der Waals surface area contributed by atoms with Crippen molar-refractivity contribution in [1.82, 2.24) is 5.32 Å². The van der Waals surface area contributed by atoms with E-state index in [1.807, 2.05) is 30.0 Å². The predicted molar refractivity (Wildman–Crippen MR) is 89.4 cm³/mol. The number of benzene rings is 2. The standard InChI is InChI=1S/C17H20ClNS/c1-13(2)19-11-14-6-5-8-16(10-14)20-12-15-7-3-4-9-17(15)18/h3-10,13,19H,11-12H2,1-2H3. The molecular weight excluding hydrogens is 286 g/mol. The molecule has 20 heavy (non-hydrogen) atoms. The van der Waals surface area contributed by atoms with Gasteiger partial charge in [0.05, 0.1) is 0 Å². The average Bonchev–Trinajstić information content (AvgIpc) is 2.45. The molecule has 0 saturated heterocycles. The van der Waals surface area contributed by atoms with E-state index in [9.17, 15) is 0 Å². The lowest BCUT2D eigenvalue weighted by Gasteiger charge is -2.09. The monoisotopic (exact) mass is 305 g/mol. The third-order valence-electron chi connectivity index (χ3n) is 2.97. The molecule has 2 aromatic carbocycles. The van der Waals surface area contributed by atoms with E-state index < -0.39 is 0 Å². The molecule has 0 heterocycles. The Hall–Kier alpha value is -0.960. The summed E-state index contributed by atoms with van der Waals surface area (Å²) in [5.74, 6) is 0.904. The van der Waals surface area contributed by atoms with Crippen molar-refractivity contribution >= 4 is 23.4 Å². The maximum atomic E-state index is 6.18. The largest absolute Gasteiger partial charge is 0.310 e. The molecule has 0 atom stereocenters. The van der Waals surface area contributed by atoms with Crippen LogP contribution in [0.3, 0.4) is 0 Å². The Morgan fingerprint density at radius 2 is 1.90 bits per heavy atom. The van der Waals surface area contributed by atoms with Crippen molar-refractivity contribution in [1.29, 1.82) is 0 Å². The van der Waals surface area contributed by atoms with E-state index in [4.69, 9.17) is 11.6 Å². The van der Waals surface area contributed by atoms with Gasteiger partial charge in [-0.15, -0.1) is 11.8 Å². The van der Waals surface area contributed by atoms with Crippen molar-refractivity contribution < 1.29 is 0 Å². The maximum absolute atomic E-state index is 6.18. The van der Waals surface area contributed by atoms with Gasteiger partial charge in [-0.05, 0) is 29.3 Å². The van der Waals surface area contributed by atoms with Gasteiger partial charge in [0.2, 0.25) is 0 Å². The Labute approximate surface area is 130 Å². The second kappa shape index (κ2) is 7.72. The summed E-state index contributed by atoms with van der Waals surface area (Å²) in [5.41, 5.74) is 2.51. The molecule has 0 unspecified atom stereocenters. The number of nitrogens with one attached hydrogen (secondary N) is 1. The fourth-order valence-electron chi connectivity index (χ4n) is 1.84. The quantitative estimate of drug-likeness (QED) is 0.742. The molecule has 2 aromatic rings. The highest BCUT2D eigenvalue weighted by Crippen LogP contribution is 2.27. The highest BCUT2D eigenvalue weighted by molar-refractivity contribution is 7.98. The van der Waals surface area contributed by atoms with E-state index in [-0.39, 0.29) is 0 Å². The lowest BCUT2D eigenvalue weighted by molar-refractivity contribution is 0.588.